The number of carboxylic acids is 1. The van der Waals surface area contributed by atoms with Crippen LogP contribution in [0.1, 0.15) is 174 Å². The quantitative estimate of drug-likeness (QED) is 0.0216. The van der Waals surface area contributed by atoms with Crippen molar-refractivity contribution >= 4 is 17.9 Å². The van der Waals surface area contributed by atoms with Crippen LogP contribution in [-0.2, 0) is 28.6 Å². The standard InChI is InChI=1S/C50H85NO7/c1-6-8-10-12-14-16-18-20-22-24-25-27-29-31-33-35-37-39-41-49(53)58-46(44-56-43-42-47(50(54)55)51(3,4)5)45-57-48(52)40-38-36-34-32-30-28-26-23-21-19-17-15-13-11-9-7-2/h9,11,15,17-18,20-25,27,46-47H,6-8,10,12-14,16,19,26,28-45H2,1-5H3/p+1/b11-9+,17-15+,20-18+,23-21+,24-22+,27-25+. The first kappa shape index (κ1) is 54.8. The van der Waals surface area contributed by atoms with E-state index in [0.29, 0.717) is 19.3 Å². The molecule has 8 heteroatoms. The third-order valence-electron chi connectivity index (χ3n) is 9.90. The van der Waals surface area contributed by atoms with Gasteiger partial charge in [-0.25, -0.2) is 4.79 Å². The predicted molar refractivity (Wildman–Crippen MR) is 243 cm³/mol. The van der Waals surface area contributed by atoms with Crippen molar-refractivity contribution in [3.05, 3.63) is 72.9 Å². The lowest BCUT2D eigenvalue weighted by Crippen LogP contribution is -2.50. The molecule has 332 valence electrons. The summed E-state index contributed by atoms with van der Waals surface area (Å²) in [5, 5.41) is 9.63. The molecule has 0 heterocycles. The molecule has 0 rings (SSSR count). The van der Waals surface area contributed by atoms with Gasteiger partial charge in [0.15, 0.2) is 12.1 Å². The number of unbranched alkanes of at least 4 members (excludes halogenated alkanes) is 16. The molecule has 0 saturated carbocycles. The summed E-state index contributed by atoms with van der Waals surface area (Å²) in [5.74, 6) is -1.52. The van der Waals surface area contributed by atoms with Crippen LogP contribution in [-0.4, -0.2) is 80.6 Å². The highest BCUT2D eigenvalue weighted by atomic mass is 16.6. The Morgan fingerprint density at radius 2 is 1.03 bits per heavy atom. The summed E-state index contributed by atoms with van der Waals surface area (Å²) in [6.07, 6.45) is 50.8. The molecule has 58 heavy (non-hydrogen) atoms. The summed E-state index contributed by atoms with van der Waals surface area (Å²) in [7, 11) is 5.51. The SMILES string of the molecule is CC/C=C/C/C=C/C/C=C/CCCCCCCCC(=O)OCC(COCCC(C(=O)O)[N+](C)(C)C)OC(=O)CCCCCCC/C=C/C=C/C=C/CCCCCCC. The molecule has 0 radical (unpaired) electrons. The second kappa shape index (κ2) is 40.5. The zero-order valence-corrected chi connectivity index (χ0v) is 37.7. The van der Waals surface area contributed by atoms with Crippen molar-refractivity contribution in [2.45, 2.75) is 187 Å². The molecular formula is C50H86NO7+. The van der Waals surface area contributed by atoms with Crippen molar-refractivity contribution in [3.8, 4) is 0 Å². The molecule has 0 bridgehead atoms. The summed E-state index contributed by atoms with van der Waals surface area (Å²) in [6.45, 7) is 4.56. The molecule has 0 fully saturated rings. The number of quaternary nitrogens is 1. The summed E-state index contributed by atoms with van der Waals surface area (Å²) >= 11 is 0. The van der Waals surface area contributed by atoms with Gasteiger partial charge < -0.3 is 23.8 Å². The number of aliphatic carboxylic acids is 1. The molecule has 0 aromatic heterocycles. The zero-order valence-electron chi connectivity index (χ0n) is 37.7. The highest BCUT2D eigenvalue weighted by Gasteiger charge is 2.31. The van der Waals surface area contributed by atoms with E-state index in [1.807, 2.05) is 21.1 Å². The van der Waals surface area contributed by atoms with Crippen molar-refractivity contribution in [1.82, 2.24) is 0 Å². The number of rotatable bonds is 40. The van der Waals surface area contributed by atoms with Crippen molar-refractivity contribution in [3.63, 3.8) is 0 Å². The van der Waals surface area contributed by atoms with Crippen LogP contribution >= 0.6 is 0 Å². The van der Waals surface area contributed by atoms with E-state index >= 15 is 0 Å². The number of likely N-dealkylation sites (N-methyl/N-ethyl adjacent to an activating group) is 1. The number of carboxylic acid groups (broad SMARTS) is 1. The fraction of sp³-hybridized carbons (Fsp3) is 0.700. The van der Waals surface area contributed by atoms with E-state index in [1.165, 1.54) is 44.9 Å². The van der Waals surface area contributed by atoms with Crippen molar-refractivity contribution in [2.24, 2.45) is 0 Å². The average molecular weight is 813 g/mol. The zero-order chi connectivity index (χ0) is 42.8. The van der Waals surface area contributed by atoms with Gasteiger partial charge in [0.1, 0.15) is 6.61 Å². The van der Waals surface area contributed by atoms with E-state index in [9.17, 15) is 19.5 Å². The Morgan fingerprint density at radius 1 is 0.552 bits per heavy atom. The minimum atomic E-state index is -0.883. The summed E-state index contributed by atoms with van der Waals surface area (Å²) in [6, 6.07) is -0.624. The normalized spacial score (nSPS) is 13.6. The minimum Gasteiger partial charge on any atom is -0.477 e. The van der Waals surface area contributed by atoms with Gasteiger partial charge in [-0.1, -0.05) is 157 Å². The molecule has 2 atom stereocenters. The van der Waals surface area contributed by atoms with E-state index < -0.39 is 18.1 Å². The Bertz CT molecular complexity index is 1180. The molecule has 0 saturated heterocycles. The van der Waals surface area contributed by atoms with Gasteiger partial charge in [0.05, 0.1) is 34.4 Å². The number of carbonyl (C=O) groups is 3. The van der Waals surface area contributed by atoms with Gasteiger partial charge in [-0.15, -0.1) is 0 Å². The highest BCUT2D eigenvalue weighted by molar-refractivity contribution is 5.72. The van der Waals surface area contributed by atoms with Crippen LogP contribution in [0.25, 0.3) is 0 Å². The van der Waals surface area contributed by atoms with Crippen molar-refractivity contribution in [1.29, 1.82) is 0 Å². The molecule has 8 nitrogen and oxygen atoms in total. The van der Waals surface area contributed by atoms with E-state index in [4.69, 9.17) is 14.2 Å². The number of allylic oxidation sites excluding steroid dienone is 12. The van der Waals surface area contributed by atoms with E-state index in [2.05, 4.69) is 86.8 Å². The molecule has 0 spiro atoms. The van der Waals surface area contributed by atoms with Gasteiger partial charge in [-0.05, 0) is 70.6 Å². The maximum Gasteiger partial charge on any atom is 0.362 e. The van der Waals surface area contributed by atoms with Gasteiger partial charge in [0.2, 0.25) is 0 Å². The van der Waals surface area contributed by atoms with Gasteiger partial charge in [-0.3, -0.25) is 9.59 Å². The van der Waals surface area contributed by atoms with Gasteiger partial charge in [-0.2, -0.15) is 0 Å². The molecular weight excluding hydrogens is 727 g/mol. The third kappa shape index (κ3) is 38.3. The third-order valence-corrected chi connectivity index (χ3v) is 9.90. The summed E-state index contributed by atoms with van der Waals surface area (Å²) in [5.41, 5.74) is 0. The van der Waals surface area contributed by atoms with Crippen LogP contribution in [0.5, 0.6) is 0 Å². The Hall–Kier alpha value is -3.23. The monoisotopic (exact) mass is 813 g/mol. The number of carbonyl (C=O) groups excluding carboxylic acids is 2. The number of esters is 2. The molecule has 1 N–H and O–H groups in total. The van der Waals surface area contributed by atoms with Gasteiger partial charge >= 0.3 is 17.9 Å². The fourth-order valence-corrected chi connectivity index (χ4v) is 6.34. The maximum absolute atomic E-state index is 12.7. The Morgan fingerprint density at radius 3 is 1.57 bits per heavy atom. The molecule has 0 amide bonds. The average Bonchev–Trinajstić information content (AvgIpc) is 3.18. The van der Waals surface area contributed by atoms with Crippen LogP contribution < -0.4 is 0 Å². The largest absolute Gasteiger partial charge is 0.477 e. The number of nitrogens with zero attached hydrogens (tertiary/aromatic N) is 1. The second-order valence-electron chi connectivity index (χ2n) is 16.3. The molecule has 0 aliphatic carbocycles. The first-order chi connectivity index (χ1) is 28.1. The van der Waals surface area contributed by atoms with Crippen LogP contribution in [0.2, 0.25) is 0 Å². The summed E-state index contributed by atoms with van der Waals surface area (Å²) in [4.78, 5) is 37.0. The first-order valence-electron chi connectivity index (χ1n) is 23.0. The number of hydrogen-bond donors (Lipinski definition) is 1. The molecule has 2 unspecified atom stereocenters. The van der Waals surface area contributed by atoms with Crippen LogP contribution in [0.3, 0.4) is 0 Å². The number of hydrogen-bond acceptors (Lipinski definition) is 6. The summed E-state index contributed by atoms with van der Waals surface area (Å²) < 4.78 is 17.3. The Balaban J connectivity index is 4.40. The fourth-order valence-electron chi connectivity index (χ4n) is 6.34. The van der Waals surface area contributed by atoms with E-state index in [-0.39, 0.29) is 36.2 Å². The highest BCUT2D eigenvalue weighted by Crippen LogP contribution is 2.13. The van der Waals surface area contributed by atoms with Crippen molar-refractivity contribution in [2.75, 3.05) is 41.0 Å². The molecule has 0 aromatic rings. The lowest BCUT2D eigenvalue weighted by molar-refractivity contribution is -0.887. The minimum absolute atomic E-state index is 0.0448. The van der Waals surface area contributed by atoms with E-state index in [1.54, 1.807) is 0 Å². The lowest BCUT2D eigenvalue weighted by Gasteiger charge is -2.31. The topological polar surface area (TPSA) is 99.1 Å². The molecule has 0 aliphatic rings. The Labute approximate surface area is 355 Å². The maximum atomic E-state index is 12.7. The van der Waals surface area contributed by atoms with Crippen LogP contribution in [0, 0.1) is 0 Å². The van der Waals surface area contributed by atoms with Crippen LogP contribution in [0.4, 0.5) is 0 Å². The van der Waals surface area contributed by atoms with E-state index in [0.717, 1.165) is 96.3 Å². The molecule has 0 aromatic carbocycles. The predicted octanol–water partition coefficient (Wildman–Crippen LogP) is 12.7. The van der Waals surface area contributed by atoms with Crippen LogP contribution in [0.15, 0.2) is 72.9 Å². The smallest absolute Gasteiger partial charge is 0.362 e. The lowest BCUT2D eigenvalue weighted by atomic mass is 10.1. The van der Waals surface area contributed by atoms with Crippen molar-refractivity contribution < 1.29 is 38.2 Å². The van der Waals surface area contributed by atoms with Gasteiger partial charge in [0, 0.05) is 19.3 Å². The second-order valence-corrected chi connectivity index (χ2v) is 16.3. The van der Waals surface area contributed by atoms with Gasteiger partial charge in [0.25, 0.3) is 0 Å². The Kier molecular flexibility index (Phi) is 38.3. The molecule has 0 aliphatic heterocycles. The first-order valence-corrected chi connectivity index (χ1v) is 23.0. The number of ether oxygens (including phenoxy) is 3.